The van der Waals surface area contributed by atoms with E-state index in [2.05, 4.69) is 4.90 Å². The van der Waals surface area contributed by atoms with Crippen LogP contribution in [0.3, 0.4) is 0 Å². The lowest BCUT2D eigenvalue weighted by Crippen LogP contribution is -2.33. The molecule has 1 fully saturated rings. The topological polar surface area (TPSA) is 43.7 Å². The number of nitrogens with zero attached hydrogens (tertiary/aromatic N) is 1. The fourth-order valence-corrected chi connectivity index (χ4v) is 3.07. The number of rotatable bonds is 6. The first kappa shape index (κ1) is 14.5. The molecule has 1 aromatic carbocycles. The highest BCUT2D eigenvalue weighted by Gasteiger charge is 2.26. The van der Waals surface area contributed by atoms with Crippen LogP contribution in [0.4, 0.5) is 0 Å². The van der Waals surface area contributed by atoms with Crippen molar-refractivity contribution in [1.82, 2.24) is 4.90 Å². The molecule has 2 rings (SSSR count). The fourth-order valence-electron chi connectivity index (χ4n) is 3.07. The molecule has 0 spiro atoms. The van der Waals surface area contributed by atoms with Crippen LogP contribution < -0.4 is 0 Å². The zero-order chi connectivity index (χ0) is 13.7. The van der Waals surface area contributed by atoms with Gasteiger partial charge in [0.1, 0.15) is 0 Å². The van der Waals surface area contributed by atoms with E-state index in [1.807, 2.05) is 31.2 Å². The molecule has 1 aliphatic heterocycles. The van der Waals surface area contributed by atoms with Gasteiger partial charge in [-0.3, -0.25) is 4.90 Å². The third-order valence-corrected chi connectivity index (χ3v) is 4.15. The molecular formula is C16H25NO2. The number of likely N-dealkylation sites (tertiary alicyclic amines) is 1. The van der Waals surface area contributed by atoms with E-state index >= 15 is 0 Å². The molecule has 0 amide bonds. The standard InChI is InChI=1S/C16H25NO2/c1-13-6-2-3-9-15(13)16(19)12-17-10-4-7-14(17)8-5-11-18/h2-3,6,9,14,16,18-19H,4-5,7-8,10-12H2,1H3. The third kappa shape index (κ3) is 3.78. The lowest BCUT2D eigenvalue weighted by atomic mass is 10.0. The molecule has 1 heterocycles. The summed E-state index contributed by atoms with van der Waals surface area (Å²) in [5.41, 5.74) is 2.19. The highest BCUT2D eigenvalue weighted by molar-refractivity contribution is 5.27. The zero-order valence-corrected chi connectivity index (χ0v) is 11.8. The number of hydrogen-bond donors (Lipinski definition) is 2. The molecule has 2 N–H and O–H groups in total. The van der Waals surface area contributed by atoms with Crippen molar-refractivity contribution in [1.29, 1.82) is 0 Å². The van der Waals surface area contributed by atoms with Gasteiger partial charge >= 0.3 is 0 Å². The molecule has 2 unspecified atom stereocenters. The van der Waals surface area contributed by atoms with Crippen molar-refractivity contribution >= 4 is 0 Å². The lowest BCUT2D eigenvalue weighted by Gasteiger charge is -2.27. The van der Waals surface area contributed by atoms with E-state index in [-0.39, 0.29) is 6.61 Å². The van der Waals surface area contributed by atoms with Gasteiger partial charge < -0.3 is 10.2 Å². The molecule has 106 valence electrons. The Morgan fingerprint density at radius 1 is 1.37 bits per heavy atom. The lowest BCUT2D eigenvalue weighted by molar-refractivity contribution is 0.101. The summed E-state index contributed by atoms with van der Waals surface area (Å²) < 4.78 is 0. The van der Waals surface area contributed by atoms with E-state index in [0.29, 0.717) is 12.6 Å². The minimum atomic E-state index is -0.407. The third-order valence-electron chi connectivity index (χ3n) is 4.15. The van der Waals surface area contributed by atoms with Crippen LogP contribution in [0.1, 0.15) is 42.9 Å². The first-order chi connectivity index (χ1) is 9.22. The van der Waals surface area contributed by atoms with Crippen molar-refractivity contribution in [2.24, 2.45) is 0 Å². The molecule has 2 atom stereocenters. The molecule has 0 radical (unpaired) electrons. The van der Waals surface area contributed by atoms with Gasteiger partial charge in [0.15, 0.2) is 0 Å². The van der Waals surface area contributed by atoms with Crippen LogP contribution in [0.25, 0.3) is 0 Å². The van der Waals surface area contributed by atoms with Gasteiger partial charge in [-0.25, -0.2) is 0 Å². The van der Waals surface area contributed by atoms with E-state index in [9.17, 15) is 5.11 Å². The second-order valence-electron chi connectivity index (χ2n) is 5.53. The van der Waals surface area contributed by atoms with Crippen LogP contribution in [0.5, 0.6) is 0 Å². The van der Waals surface area contributed by atoms with Crippen molar-refractivity contribution < 1.29 is 10.2 Å². The van der Waals surface area contributed by atoms with Gasteiger partial charge in [0.25, 0.3) is 0 Å². The summed E-state index contributed by atoms with van der Waals surface area (Å²) in [7, 11) is 0. The Morgan fingerprint density at radius 2 is 2.16 bits per heavy atom. The average Bonchev–Trinajstić information content (AvgIpc) is 2.84. The summed E-state index contributed by atoms with van der Waals surface area (Å²) >= 11 is 0. The number of β-amino-alcohol motifs (C(OH)–C–C–N with tert-alkyl or cyclic N) is 1. The molecule has 0 saturated carbocycles. The summed E-state index contributed by atoms with van der Waals surface area (Å²) in [6.45, 7) is 4.09. The van der Waals surface area contributed by atoms with Gasteiger partial charge in [-0.2, -0.15) is 0 Å². The predicted octanol–water partition coefficient (Wildman–Crippen LogP) is 2.27. The molecule has 3 nitrogen and oxygen atoms in total. The van der Waals surface area contributed by atoms with Crippen molar-refractivity contribution in [3.05, 3.63) is 35.4 Å². The highest BCUT2D eigenvalue weighted by atomic mass is 16.3. The second-order valence-corrected chi connectivity index (χ2v) is 5.53. The summed E-state index contributed by atoms with van der Waals surface area (Å²) in [5, 5.41) is 19.4. The Hall–Kier alpha value is -0.900. The monoisotopic (exact) mass is 263 g/mol. The van der Waals surface area contributed by atoms with E-state index in [4.69, 9.17) is 5.11 Å². The molecule has 0 aromatic heterocycles. The van der Waals surface area contributed by atoms with Crippen LogP contribution in [-0.4, -0.2) is 40.9 Å². The summed E-state index contributed by atoms with van der Waals surface area (Å²) in [6.07, 6.45) is 3.89. The van der Waals surface area contributed by atoms with E-state index in [1.54, 1.807) is 0 Å². The zero-order valence-electron chi connectivity index (χ0n) is 11.8. The summed E-state index contributed by atoms with van der Waals surface area (Å²) in [4.78, 5) is 2.38. The van der Waals surface area contributed by atoms with Crippen molar-refractivity contribution in [2.75, 3.05) is 19.7 Å². The van der Waals surface area contributed by atoms with E-state index in [0.717, 1.165) is 30.5 Å². The van der Waals surface area contributed by atoms with Gasteiger partial charge in [0.2, 0.25) is 0 Å². The summed E-state index contributed by atoms with van der Waals surface area (Å²) in [6, 6.07) is 8.58. The maximum atomic E-state index is 10.4. The van der Waals surface area contributed by atoms with Gasteiger partial charge in [0.05, 0.1) is 6.10 Å². The van der Waals surface area contributed by atoms with Crippen molar-refractivity contribution in [3.8, 4) is 0 Å². The summed E-state index contributed by atoms with van der Waals surface area (Å²) in [5.74, 6) is 0. The Bertz CT molecular complexity index is 394. The molecular weight excluding hydrogens is 238 g/mol. The fraction of sp³-hybridized carbons (Fsp3) is 0.625. The Balaban J connectivity index is 1.94. The number of aryl methyl sites for hydroxylation is 1. The van der Waals surface area contributed by atoms with Crippen molar-refractivity contribution in [2.45, 2.75) is 44.8 Å². The van der Waals surface area contributed by atoms with Crippen LogP contribution in [-0.2, 0) is 0 Å². The number of benzene rings is 1. The Labute approximate surface area is 115 Å². The quantitative estimate of drug-likeness (QED) is 0.827. The second kappa shape index (κ2) is 7.04. The molecule has 0 aliphatic carbocycles. The predicted molar refractivity (Wildman–Crippen MR) is 77.1 cm³/mol. The normalized spacial score (nSPS) is 21.7. The SMILES string of the molecule is Cc1ccccc1C(O)CN1CCCC1CCCO. The maximum absolute atomic E-state index is 10.4. The Morgan fingerprint density at radius 3 is 2.89 bits per heavy atom. The van der Waals surface area contributed by atoms with E-state index in [1.165, 1.54) is 12.8 Å². The highest BCUT2D eigenvalue weighted by Crippen LogP contribution is 2.25. The minimum Gasteiger partial charge on any atom is -0.396 e. The molecule has 1 aromatic rings. The van der Waals surface area contributed by atoms with E-state index < -0.39 is 6.10 Å². The number of aliphatic hydroxyl groups is 2. The first-order valence-electron chi connectivity index (χ1n) is 7.31. The van der Waals surface area contributed by atoms with Crippen LogP contribution in [0, 0.1) is 6.92 Å². The number of aliphatic hydroxyl groups excluding tert-OH is 2. The van der Waals surface area contributed by atoms with Crippen LogP contribution >= 0.6 is 0 Å². The van der Waals surface area contributed by atoms with Crippen molar-refractivity contribution in [3.63, 3.8) is 0 Å². The molecule has 19 heavy (non-hydrogen) atoms. The molecule has 1 saturated heterocycles. The molecule has 1 aliphatic rings. The van der Waals surface area contributed by atoms with Gasteiger partial charge in [0, 0.05) is 19.2 Å². The molecule has 0 bridgehead atoms. The minimum absolute atomic E-state index is 0.269. The molecule has 3 heteroatoms. The largest absolute Gasteiger partial charge is 0.396 e. The Kier molecular flexibility index (Phi) is 5.37. The average molecular weight is 263 g/mol. The van der Waals surface area contributed by atoms with Gasteiger partial charge in [-0.15, -0.1) is 0 Å². The van der Waals surface area contributed by atoms with Crippen LogP contribution in [0.2, 0.25) is 0 Å². The van der Waals surface area contributed by atoms with Gasteiger partial charge in [-0.1, -0.05) is 24.3 Å². The number of hydrogen-bond acceptors (Lipinski definition) is 3. The van der Waals surface area contributed by atoms with Crippen LogP contribution in [0.15, 0.2) is 24.3 Å². The maximum Gasteiger partial charge on any atom is 0.0919 e. The first-order valence-corrected chi connectivity index (χ1v) is 7.31. The van der Waals surface area contributed by atoms with Gasteiger partial charge in [-0.05, 0) is 50.3 Å². The smallest absolute Gasteiger partial charge is 0.0919 e.